The van der Waals surface area contributed by atoms with E-state index in [0.717, 1.165) is 28.5 Å². The second-order valence-electron chi connectivity index (χ2n) is 9.04. The molecule has 2 aromatic rings. The van der Waals surface area contributed by atoms with Gasteiger partial charge in [0, 0.05) is 71.0 Å². The third-order valence-electron chi connectivity index (χ3n) is 6.57. The molecule has 1 fully saturated rings. The molecule has 0 aromatic carbocycles. The van der Waals surface area contributed by atoms with Crippen LogP contribution in [0.1, 0.15) is 37.6 Å². The fourth-order valence-corrected chi connectivity index (χ4v) is 4.66. The Balaban J connectivity index is 1.37. The maximum absolute atomic E-state index is 14.1. The standard InChI is InChI=1S/C24H28F2N6O2/c1-15(33)32-10-7-20-21(14-32)28-23(16-12-27-30(2)13-16)24(29-20)31-8-5-18(6-9-31)34-22-4-3-17(25)11-19(22)26/h3-4,12-13,18-19H,5-11,14H2,1-2H3. The van der Waals surface area contributed by atoms with E-state index < -0.39 is 12.0 Å². The summed E-state index contributed by atoms with van der Waals surface area (Å²) in [5, 5.41) is 4.30. The number of aromatic nitrogens is 4. The normalized spacial score (nSPS) is 21.1. The van der Waals surface area contributed by atoms with Crippen molar-refractivity contribution in [2.45, 2.75) is 51.4 Å². The van der Waals surface area contributed by atoms with Crippen molar-refractivity contribution in [3.8, 4) is 11.3 Å². The summed E-state index contributed by atoms with van der Waals surface area (Å²) in [4.78, 5) is 25.8. The largest absolute Gasteiger partial charge is 0.492 e. The van der Waals surface area contributed by atoms with Crippen LogP contribution in [0, 0.1) is 0 Å². The van der Waals surface area contributed by atoms with Gasteiger partial charge >= 0.3 is 0 Å². The van der Waals surface area contributed by atoms with E-state index >= 15 is 0 Å². The smallest absolute Gasteiger partial charge is 0.219 e. The zero-order valence-corrected chi connectivity index (χ0v) is 19.4. The number of ether oxygens (including phenoxy) is 1. The second-order valence-corrected chi connectivity index (χ2v) is 9.04. The van der Waals surface area contributed by atoms with Gasteiger partial charge in [0.2, 0.25) is 5.91 Å². The molecule has 5 rings (SSSR count). The number of fused-ring (bicyclic) bond motifs is 1. The molecule has 2 aliphatic heterocycles. The number of piperidine rings is 1. The highest BCUT2D eigenvalue weighted by Crippen LogP contribution is 2.33. The van der Waals surface area contributed by atoms with Crippen LogP contribution in [0.2, 0.25) is 0 Å². The van der Waals surface area contributed by atoms with Crippen molar-refractivity contribution >= 4 is 11.7 Å². The highest BCUT2D eigenvalue weighted by atomic mass is 19.1. The first-order chi connectivity index (χ1) is 16.4. The van der Waals surface area contributed by atoms with E-state index in [1.165, 1.54) is 12.2 Å². The van der Waals surface area contributed by atoms with Crippen molar-refractivity contribution in [1.82, 2.24) is 24.6 Å². The van der Waals surface area contributed by atoms with E-state index in [-0.39, 0.29) is 24.2 Å². The SMILES string of the molecule is CC(=O)N1CCc2nc(N3CCC(OC4=CC=C(F)CC4F)CC3)c(-c3cnn(C)c3)nc2C1. The van der Waals surface area contributed by atoms with Gasteiger partial charge in [-0.05, 0) is 12.2 Å². The summed E-state index contributed by atoms with van der Waals surface area (Å²) in [7, 11) is 1.86. The molecule has 34 heavy (non-hydrogen) atoms. The second kappa shape index (κ2) is 9.15. The fraction of sp³-hybridized carbons (Fsp3) is 0.500. The van der Waals surface area contributed by atoms with Crippen molar-refractivity contribution in [2.24, 2.45) is 7.05 Å². The Hall–Kier alpha value is -3.30. The molecular formula is C24H28F2N6O2. The first-order valence-electron chi connectivity index (χ1n) is 11.6. The molecule has 4 heterocycles. The molecule has 1 saturated heterocycles. The van der Waals surface area contributed by atoms with Gasteiger partial charge in [-0.2, -0.15) is 5.10 Å². The van der Waals surface area contributed by atoms with Gasteiger partial charge in [-0.1, -0.05) is 0 Å². The number of anilines is 1. The Labute approximate surface area is 196 Å². The predicted octanol–water partition coefficient (Wildman–Crippen LogP) is 3.25. The van der Waals surface area contributed by atoms with E-state index in [1.54, 1.807) is 22.7 Å². The number of carbonyl (C=O) groups excluding carboxylic acids is 1. The molecule has 1 amide bonds. The molecule has 0 radical (unpaired) electrons. The summed E-state index contributed by atoms with van der Waals surface area (Å²) in [6.45, 7) is 4.02. The number of allylic oxidation sites excluding steroid dienone is 4. The fourth-order valence-electron chi connectivity index (χ4n) is 4.66. The molecule has 1 atom stereocenters. The highest BCUT2D eigenvalue weighted by Gasteiger charge is 2.30. The Morgan fingerprint density at radius 2 is 1.94 bits per heavy atom. The minimum absolute atomic E-state index is 0.0309. The number of alkyl halides is 1. The lowest BCUT2D eigenvalue weighted by Crippen LogP contribution is -2.39. The topological polar surface area (TPSA) is 76.4 Å². The Kier molecular flexibility index (Phi) is 6.05. The molecule has 10 heteroatoms. The van der Waals surface area contributed by atoms with Gasteiger partial charge in [0.05, 0.1) is 24.1 Å². The van der Waals surface area contributed by atoms with Gasteiger partial charge in [-0.15, -0.1) is 0 Å². The number of nitrogens with zero attached hydrogens (tertiary/aromatic N) is 6. The van der Waals surface area contributed by atoms with Crippen LogP contribution in [0.3, 0.4) is 0 Å². The zero-order chi connectivity index (χ0) is 23.8. The lowest BCUT2D eigenvalue weighted by atomic mass is 10.0. The molecule has 1 aliphatic carbocycles. The highest BCUT2D eigenvalue weighted by molar-refractivity contribution is 5.74. The summed E-state index contributed by atoms with van der Waals surface area (Å²) in [5.74, 6) is 0.574. The predicted molar refractivity (Wildman–Crippen MR) is 122 cm³/mol. The average molecular weight is 471 g/mol. The molecule has 3 aliphatic rings. The van der Waals surface area contributed by atoms with Gasteiger partial charge in [0.15, 0.2) is 12.0 Å². The minimum atomic E-state index is -1.43. The molecule has 0 N–H and O–H groups in total. The summed E-state index contributed by atoms with van der Waals surface area (Å²) in [6.07, 6.45) is 6.58. The minimum Gasteiger partial charge on any atom is -0.492 e. The third kappa shape index (κ3) is 4.53. The maximum Gasteiger partial charge on any atom is 0.219 e. The van der Waals surface area contributed by atoms with E-state index in [1.807, 2.05) is 13.2 Å². The van der Waals surface area contributed by atoms with Crippen LogP contribution in [-0.4, -0.2) is 62.5 Å². The number of hydrogen-bond acceptors (Lipinski definition) is 6. The number of amides is 1. The van der Waals surface area contributed by atoms with Gasteiger partial charge < -0.3 is 14.5 Å². The van der Waals surface area contributed by atoms with E-state index in [2.05, 4.69) is 10.00 Å². The van der Waals surface area contributed by atoms with Crippen molar-refractivity contribution in [3.63, 3.8) is 0 Å². The zero-order valence-electron chi connectivity index (χ0n) is 19.4. The van der Waals surface area contributed by atoms with Crippen LogP contribution in [-0.2, 0) is 29.5 Å². The van der Waals surface area contributed by atoms with Crippen LogP contribution in [0.4, 0.5) is 14.6 Å². The Morgan fingerprint density at radius 3 is 2.62 bits per heavy atom. The molecule has 180 valence electrons. The van der Waals surface area contributed by atoms with Gasteiger partial charge in [0.25, 0.3) is 0 Å². The number of carbonyl (C=O) groups is 1. The van der Waals surface area contributed by atoms with Crippen molar-refractivity contribution < 1.29 is 18.3 Å². The molecule has 2 aromatic heterocycles. The summed E-state index contributed by atoms with van der Waals surface area (Å²) >= 11 is 0. The van der Waals surface area contributed by atoms with Gasteiger partial charge in [0.1, 0.15) is 23.4 Å². The summed E-state index contributed by atoms with van der Waals surface area (Å²) in [6, 6.07) is 0. The van der Waals surface area contributed by atoms with Crippen molar-refractivity contribution in [1.29, 1.82) is 0 Å². The molecule has 0 saturated carbocycles. The number of rotatable bonds is 4. The van der Waals surface area contributed by atoms with E-state index in [9.17, 15) is 13.6 Å². The molecule has 0 spiro atoms. The average Bonchev–Trinajstić information content (AvgIpc) is 3.26. The Morgan fingerprint density at radius 1 is 1.15 bits per heavy atom. The molecule has 1 unspecified atom stereocenters. The number of hydrogen-bond donors (Lipinski definition) is 0. The summed E-state index contributed by atoms with van der Waals surface area (Å²) in [5.41, 5.74) is 3.35. The lowest BCUT2D eigenvalue weighted by molar-refractivity contribution is -0.129. The Bertz CT molecular complexity index is 1150. The first-order valence-corrected chi connectivity index (χ1v) is 11.6. The molecular weight excluding hydrogens is 442 g/mol. The van der Waals surface area contributed by atoms with Gasteiger partial charge in [-0.25, -0.2) is 18.7 Å². The summed E-state index contributed by atoms with van der Waals surface area (Å²) < 4.78 is 35.0. The number of halogens is 2. The van der Waals surface area contributed by atoms with Crippen LogP contribution in [0.5, 0.6) is 0 Å². The first kappa shape index (κ1) is 22.5. The van der Waals surface area contributed by atoms with Crippen LogP contribution < -0.4 is 4.90 Å². The monoisotopic (exact) mass is 470 g/mol. The van der Waals surface area contributed by atoms with Crippen LogP contribution in [0.15, 0.2) is 36.1 Å². The third-order valence-corrected chi connectivity index (χ3v) is 6.57. The maximum atomic E-state index is 14.1. The van der Waals surface area contributed by atoms with E-state index in [4.69, 9.17) is 14.7 Å². The van der Waals surface area contributed by atoms with E-state index in [0.29, 0.717) is 45.4 Å². The van der Waals surface area contributed by atoms with Crippen LogP contribution in [0.25, 0.3) is 11.3 Å². The van der Waals surface area contributed by atoms with Gasteiger partial charge in [-0.3, -0.25) is 9.48 Å². The lowest BCUT2D eigenvalue weighted by Gasteiger charge is -2.35. The number of aryl methyl sites for hydroxylation is 1. The quantitative estimate of drug-likeness (QED) is 0.683. The van der Waals surface area contributed by atoms with Crippen LogP contribution >= 0.6 is 0 Å². The van der Waals surface area contributed by atoms with Crippen molar-refractivity contribution in [2.75, 3.05) is 24.5 Å². The van der Waals surface area contributed by atoms with Crippen molar-refractivity contribution in [3.05, 3.63) is 47.5 Å². The molecule has 8 nitrogen and oxygen atoms in total. The molecule has 0 bridgehead atoms.